The SMILES string of the molecule is CCCCCCCCCCCCN[C@H](C)C(=O)O.[Na]. The smallest absolute Gasteiger partial charge is 0.320 e. The Morgan fingerprint density at radius 1 is 0.947 bits per heavy atom. The summed E-state index contributed by atoms with van der Waals surface area (Å²) in [6.45, 7) is 4.77. The standard InChI is InChI=1S/C15H31NO2.Na/c1-3-4-5-6-7-8-9-10-11-12-13-16-14(2)15(17)18;/h14,16H,3-13H2,1-2H3,(H,17,18);/t14-;/m1./s1. The molecule has 0 saturated carbocycles. The quantitative estimate of drug-likeness (QED) is 0.400. The first kappa shape index (κ1) is 21.7. The van der Waals surface area contributed by atoms with Crippen molar-refractivity contribution in [3.05, 3.63) is 0 Å². The molecule has 19 heavy (non-hydrogen) atoms. The maximum absolute atomic E-state index is 10.5. The van der Waals surface area contributed by atoms with Crippen LogP contribution in [0.15, 0.2) is 0 Å². The summed E-state index contributed by atoms with van der Waals surface area (Å²) in [7, 11) is 0. The van der Waals surface area contributed by atoms with Crippen molar-refractivity contribution in [1.82, 2.24) is 5.32 Å². The molecule has 0 bridgehead atoms. The molecule has 0 amide bonds. The largest absolute Gasteiger partial charge is 0.480 e. The topological polar surface area (TPSA) is 49.3 Å². The van der Waals surface area contributed by atoms with Crippen LogP contribution in [-0.4, -0.2) is 53.2 Å². The van der Waals surface area contributed by atoms with Crippen molar-refractivity contribution in [2.75, 3.05) is 6.54 Å². The number of hydrogen-bond donors (Lipinski definition) is 2. The summed E-state index contributed by atoms with van der Waals surface area (Å²) < 4.78 is 0. The molecule has 0 aliphatic rings. The first-order valence-electron chi connectivity index (χ1n) is 7.64. The molecule has 0 fully saturated rings. The van der Waals surface area contributed by atoms with Crippen LogP contribution in [0.2, 0.25) is 0 Å². The molecule has 0 heterocycles. The molecule has 0 spiro atoms. The van der Waals surface area contributed by atoms with Crippen LogP contribution in [0, 0.1) is 0 Å². The third-order valence-electron chi connectivity index (χ3n) is 3.35. The molecule has 0 aliphatic carbocycles. The number of hydrogen-bond acceptors (Lipinski definition) is 2. The van der Waals surface area contributed by atoms with E-state index in [9.17, 15) is 4.79 Å². The number of rotatable bonds is 13. The van der Waals surface area contributed by atoms with Gasteiger partial charge >= 0.3 is 5.97 Å². The zero-order valence-corrected chi connectivity index (χ0v) is 15.2. The molecule has 2 N–H and O–H groups in total. The molecule has 0 saturated heterocycles. The molecule has 0 rings (SSSR count). The summed E-state index contributed by atoms with van der Waals surface area (Å²) in [5.74, 6) is -0.762. The average Bonchev–Trinajstić information content (AvgIpc) is 2.35. The summed E-state index contributed by atoms with van der Waals surface area (Å²) in [5.41, 5.74) is 0. The molecule has 0 aromatic rings. The minimum absolute atomic E-state index is 0. The second-order valence-electron chi connectivity index (χ2n) is 5.20. The van der Waals surface area contributed by atoms with E-state index in [0.29, 0.717) is 0 Å². The number of nitrogens with one attached hydrogen (secondary N) is 1. The third kappa shape index (κ3) is 16.4. The minimum atomic E-state index is -0.762. The van der Waals surface area contributed by atoms with Gasteiger partial charge in [0.15, 0.2) is 0 Å². The molecule has 109 valence electrons. The van der Waals surface area contributed by atoms with Crippen molar-refractivity contribution in [2.24, 2.45) is 0 Å². The number of carboxylic acid groups (broad SMARTS) is 1. The Hall–Kier alpha value is 0.430. The average molecular weight is 280 g/mol. The van der Waals surface area contributed by atoms with Gasteiger partial charge in [-0.3, -0.25) is 4.79 Å². The van der Waals surface area contributed by atoms with Gasteiger partial charge in [0.25, 0.3) is 0 Å². The van der Waals surface area contributed by atoms with E-state index >= 15 is 0 Å². The molecule has 3 nitrogen and oxygen atoms in total. The van der Waals surface area contributed by atoms with Gasteiger partial charge in [0.1, 0.15) is 6.04 Å². The number of carboxylic acids is 1. The van der Waals surface area contributed by atoms with Crippen LogP contribution in [-0.2, 0) is 4.79 Å². The van der Waals surface area contributed by atoms with Crippen molar-refractivity contribution in [3.8, 4) is 0 Å². The molecular formula is C15H31NNaO2. The van der Waals surface area contributed by atoms with Gasteiger partial charge in [-0.1, -0.05) is 64.7 Å². The molecule has 1 radical (unpaired) electrons. The van der Waals surface area contributed by atoms with Gasteiger partial charge in [-0.2, -0.15) is 0 Å². The van der Waals surface area contributed by atoms with Gasteiger partial charge in [-0.05, 0) is 19.9 Å². The Morgan fingerprint density at radius 3 is 1.79 bits per heavy atom. The van der Waals surface area contributed by atoms with Gasteiger partial charge in [-0.25, -0.2) is 0 Å². The normalized spacial score (nSPS) is 11.9. The first-order valence-corrected chi connectivity index (χ1v) is 7.64. The van der Waals surface area contributed by atoms with E-state index in [1.54, 1.807) is 6.92 Å². The fraction of sp³-hybridized carbons (Fsp3) is 0.933. The monoisotopic (exact) mass is 280 g/mol. The van der Waals surface area contributed by atoms with Crippen molar-refractivity contribution in [3.63, 3.8) is 0 Å². The summed E-state index contributed by atoms with van der Waals surface area (Å²) in [5, 5.41) is 11.7. The van der Waals surface area contributed by atoms with Crippen LogP contribution in [0.4, 0.5) is 0 Å². The Bertz CT molecular complexity index is 201. The van der Waals surface area contributed by atoms with Crippen LogP contribution in [0.5, 0.6) is 0 Å². The number of carbonyl (C=O) groups is 1. The summed E-state index contributed by atoms with van der Waals surface area (Å²) in [6, 6.07) is -0.413. The summed E-state index contributed by atoms with van der Waals surface area (Å²) in [6.07, 6.45) is 13.2. The second-order valence-corrected chi connectivity index (χ2v) is 5.20. The minimum Gasteiger partial charge on any atom is -0.480 e. The predicted octanol–water partition coefficient (Wildman–Crippen LogP) is 3.59. The molecule has 4 heteroatoms. The van der Waals surface area contributed by atoms with Crippen molar-refractivity contribution in [1.29, 1.82) is 0 Å². The summed E-state index contributed by atoms with van der Waals surface area (Å²) >= 11 is 0. The zero-order chi connectivity index (χ0) is 13.6. The van der Waals surface area contributed by atoms with Crippen LogP contribution < -0.4 is 5.32 Å². The van der Waals surface area contributed by atoms with E-state index in [-0.39, 0.29) is 29.6 Å². The maximum atomic E-state index is 10.5. The Labute approximate surface area is 141 Å². The zero-order valence-electron chi connectivity index (χ0n) is 13.2. The first-order chi connectivity index (χ1) is 8.68. The van der Waals surface area contributed by atoms with E-state index in [1.165, 1.54) is 57.8 Å². The number of unbranched alkanes of at least 4 members (excludes halogenated alkanes) is 9. The fourth-order valence-electron chi connectivity index (χ4n) is 2.02. The molecular weight excluding hydrogens is 249 g/mol. The Morgan fingerprint density at radius 2 is 1.37 bits per heavy atom. The number of aliphatic carboxylic acids is 1. The van der Waals surface area contributed by atoms with Gasteiger partial charge < -0.3 is 10.4 Å². The van der Waals surface area contributed by atoms with E-state index in [4.69, 9.17) is 5.11 Å². The van der Waals surface area contributed by atoms with Crippen LogP contribution >= 0.6 is 0 Å². The molecule has 0 aromatic heterocycles. The van der Waals surface area contributed by atoms with Crippen LogP contribution in [0.3, 0.4) is 0 Å². The van der Waals surface area contributed by atoms with E-state index in [2.05, 4.69) is 12.2 Å². The van der Waals surface area contributed by atoms with Crippen molar-refractivity contribution < 1.29 is 9.90 Å². The Balaban J connectivity index is 0. The van der Waals surface area contributed by atoms with Gasteiger partial charge in [0.2, 0.25) is 0 Å². The predicted molar refractivity (Wildman–Crippen MR) is 82.7 cm³/mol. The molecule has 0 aromatic carbocycles. The summed E-state index contributed by atoms with van der Waals surface area (Å²) in [4.78, 5) is 10.5. The van der Waals surface area contributed by atoms with Crippen LogP contribution in [0.1, 0.15) is 78.1 Å². The molecule has 1 atom stereocenters. The maximum Gasteiger partial charge on any atom is 0.320 e. The van der Waals surface area contributed by atoms with E-state index < -0.39 is 12.0 Å². The van der Waals surface area contributed by atoms with E-state index in [0.717, 1.165) is 13.0 Å². The third-order valence-corrected chi connectivity index (χ3v) is 3.35. The van der Waals surface area contributed by atoms with Gasteiger partial charge in [0, 0.05) is 29.6 Å². The second kappa shape index (κ2) is 16.5. The van der Waals surface area contributed by atoms with Crippen molar-refractivity contribution >= 4 is 35.5 Å². The van der Waals surface area contributed by atoms with Gasteiger partial charge in [-0.15, -0.1) is 0 Å². The Kier molecular flexibility index (Phi) is 18.8. The molecule has 0 unspecified atom stereocenters. The fourth-order valence-corrected chi connectivity index (χ4v) is 2.02. The van der Waals surface area contributed by atoms with E-state index in [1.807, 2.05) is 0 Å². The van der Waals surface area contributed by atoms with Crippen LogP contribution in [0.25, 0.3) is 0 Å². The molecule has 0 aliphatic heterocycles. The van der Waals surface area contributed by atoms with Gasteiger partial charge in [0.05, 0.1) is 0 Å². The van der Waals surface area contributed by atoms with Crippen molar-refractivity contribution in [2.45, 2.75) is 84.1 Å².